The van der Waals surface area contributed by atoms with Crippen LogP contribution in [0, 0.1) is 10.8 Å². The zero-order valence-electron chi connectivity index (χ0n) is 14.4. The zero-order valence-corrected chi connectivity index (χ0v) is 15.1. The summed E-state index contributed by atoms with van der Waals surface area (Å²) in [6.45, 7) is 10.6. The van der Waals surface area contributed by atoms with Crippen molar-refractivity contribution in [2.75, 3.05) is 12.4 Å². The van der Waals surface area contributed by atoms with Gasteiger partial charge in [0.15, 0.2) is 0 Å². The molecule has 0 radical (unpaired) electrons. The normalized spacial score (nSPS) is 19.7. The minimum atomic E-state index is -0.889. The molecule has 2 rings (SSSR count). The smallest absolute Gasteiger partial charge is 0.256 e. The first kappa shape index (κ1) is 24.4. The van der Waals surface area contributed by atoms with Gasteiger partial charge in [-0.2, -0.15) is 0 Å². The maximum absolute atomic E-state index is 11.3. The van der Waals surface area contributed by atoms with E-state index >= 15 is 0 Å². The third kappa shape index (κ3) is 5.36. The molecule has 140 valence electrons. The predicted molar refractivity (Wildman–Crippen MR) is 92.5 cm³/mol. The molecule has 0 atom stereocenters. The Morgan fingerprint density at radius 2 is 1.25 bits per heavy atom. The SMILES string of the molecule is C.CC1(C)C(=O)NNC1=O.CCCl.CCN1NC(=O)C(C)(C)C1=O. The van der Waals surface area contributed by atoms with Crippen LogP contribution >= 0.6 is 11.6 Å². The highest BCUT2D eigenvalue weighted by atomic mass is 35.5. The lowest BCUT2D eigenvalue weighted by molar-refractivity contribution is -0.137. The van der Waals surface area contributed by atoms with Crippen molar-refractivity contribution in [2.24, 2.45) is 10.8 Å². The van der Waals surface area contributed by atoms with Crippen molar-refractivity contribution in [1.82, 2.24) is 21.3 Å². The van der Waals surface area contributed by atoms with Gasteiger partial charge in [0.25, 0.3) is 23.6 Å². The van der Waals surface area contributed by atoms with Gasteiger partial charge in [-0.15, -0.1) is 11.6 Å². The fourth-order valence-electron chi connectivity index (χ4n) is 1.50. The summed E-state index contributed by atoms with van der Waals surface area (Å²) in [5, 5.41) is 1.34. The van der Waals surface area contributed by atoms with Crippen LogP contribution in [0.25, 0.3) is 0 Å². The van der Waals surface area contributed by atoms with Crippen LogP contribution < -0.4 is 16.3 Å². The molecule has 0 aromatic heterocycles. The molecule has 2 aliphatic heterocycles. The second-order valence-corrected chi connectivity index (χ2v) is 6.45. The number of nitrogens with zero attached hydrogens (tertiary/aromatic N) is 1. The summed E-state index contributed by atoms with van der Waals surface area (Å²) in [5.74, 6) is -0.186. The Hall–Kier alpha value is -1.83. The van der Waals surface area contributed by atoms with Crippen molar-refractivity contribution in [1.29, 1.82) is 0 Å². The molecular formula is C15H29ClN4O4. The van der Waals surface area contributed by atoms with Crippen LogP contribution in [-0.2, 0) is 19.2 Å². The van der Waals surface area contributed by atoms with E-state index < -0.39 is 10.8 Å². The summed E-state index contributed by atoms with van der Waals surface area (Å²) < 4.78 is 0. The Balaban J connectivity index is 0. The molecule has 9 heteroatoms. The third-order valence-electron chi connectivity index (χ3n) is 3.33. The van der Waals surface area contributed by atoms with Crippen molar-refractivity contribution >= 4 is 35.2 Å². The third-order valence-corrected chi connectivity index (χ3v) is 3.33. The molecule has 24 heavy (non-hydrogen) atoms. The van der Waals surface area contributed by atoms with Gasteiger partial charge >= 0.3 is 0 Å². The molecule has 0 aromatic carbocycles. The quantitative estimate of drug-likeness (QED) is 0.475. The molecule has 0 unspecified atom stereocenters. The van der Waals surface area contributed by atoms with Gasteiger partial charge in [-0.05, 0) is 34.6 Å². The lowest BCUT2D eigenvalue weighted by atomic mass is 9.93. The first-order chi connectivity index (χ1) is 10.5. The Kier molecular flexibility index (Phi) is 9.63. The molecule has 0 spiro atoms. The summed E-state index contributed by atoms with van der Waals surface area (Å²) in [5.41, 5.74) is 5.16. The molecule has 0 aliphatic carbocycles. The molecular weight excluding hydrogens is 336 g/mol. The average molecular weight is 365 g/mol. The largest absolute Gasteiger partial charge is 0.272 e. The van der Waals surface area contributed by atoms with Gasteiger partial charge < -0.3 is 0 Å². The summed E-state index contributed by atoms with van der Waals surface area (Å²) in [4.78, 5) is 43.8. The van der Waals surface area contributed by atoms with E-state index in [1.54, 1.807) is 27.7 Å². The fourth-order valence-corrected chi connectivity index (χ4v) is 1.50. The number of carbonyl (C=O) groups is 4. The van der Waals surface area contributed by atoms with Gasteiger partial charge in [0.1, 0.15) is 10.8 Å². The maximum atomic E-state index is 11.3. The van der Waals surface area contributed by atoms with Gasteiger partial charge in [-0.1, -0.05) is 14.4 Å². The highest BCUT2D eigenvalue weighted by Crippen LogP contribution is 2.23. The van der Waals surface area contributed by atoms with Crippen LogP contribution in [0.3, 0.4) is 0 Å². The van der Waals surface area contributed by atoms with Crippen LogP contribution in [0.2, 0.25) is 0 Å². The summed E-state index contributed by atoms with van der Waals surface area (Å²) in [7, 11) is 0. The Labute approximate surface area is 148 Å². The lowest BCUT2D eigenvalue weighted by Gasteiger charge is -2.13. The predicted octanol–water partition coefficient (Wildman–Crippen LogP) is 0.961. The van der Waals surface area contributed by atoms with Crippen molar-refractivity contribution in [3.05, 3.63) is 0 Å². The molecule has 8 nitrogen and oxygen atoms in total. The number of hydrazine groups is 2. The molecule has 2 saturated heterocycles. The molecule has 3 N–H and O–H groups in total. The number of hydrogen-bond donors (Lipinski definition) is 3. The van der Waals surface area contributed by atoms with E-state index in [2.05, 4.69) is 16.3 Å². The standard InChI is InChI=1S/C7H12N2O2.C5H8N2O2.C2H5Cl.CH4/c1-4-9-6(11)7(2,3)5(10)8-9;1-5(2)3(8)6-7-4(5)9;1-2-3;/h4H2,1-3H3,(H,8,10);1-2H3,(H,6,8)(H,7,9);2H2,1H3;1H4. The van der Waals surface area contributed by atoms with Gasteiger partial charge in [0.05, 0.1) is 0 Å². The number of rotatable bonds is 1. The van der Waals surface area contributed by atoms with Crippen LogP contribution in [0.5, 0.6) is 0 Å². The molecule has 2 fully saturated rings. The van der Waals surface area contributed by atoms with Crippen LogP contribution in [0.15, 0.2) is 0 Å². The van der Waals surface area contributed by atoms with E-state index in [0.717, 1.165) is 5.88 Å². The van der Waals surface area contributed by atoms with Crippen LogP contribution in [-0.4, -0.2) is 41.1 Å². The second kappa shape index (κ2) is 9.46. The van der Waals surface area contributed by atoms with E-state index in [0.29, 0.717) is 6.54 Å². The number of amides is 4. The molecule has 2 aliphatic rings. The first-order valence-corrected chi connectivity index (χ1v) is 7.80. The highest BCUT2D eigenvalue weighted by molar-refractivity contribution is 6.17. The van der Waals surface area contributed by atoms with Crippen LogP contribution in [0.1, 0.15) is 49.0 Å². The zero-order chi connectivity index (χ0) is 18.4. The first-order valence-electron chi connectivity index (χ1n) is 7.26. The van der Waals surface area contributed by atoms with Crippen molar-refractivity contribution in [3.63, 3.8) is 0 Å². The molecule has 2 heterocycles. The van der Waals surface area contributed by atoms with Crippen molar-refractivity contribution < 1.29 is 19.2 Å². The number of alkyl halides is 1. The van der Waals surface area contributed by atoms with Crippen molar-refractivity contribution in [2.45, 2.75) is 49.0 Å². The Bertz CT molecular complexity index is 474. The minimum Gasteiger partial charge on any atom is -0.272 e. The van der Waals surface area contributed by atoms with E-state index in [1.807, 2.05) is 13.8 Å². The summed E-state index contributed by atoms with van der Waals surface area (Å²) >= 11 is 5.00. The average Bonchev–Trinajstić information content (AvgIpc) is 2.82. The molecule has 0 bridgehead atoms. The highest BCUT2D eigenvalue weighted by Gasteiger charge is 2.46. The lowest BCUT2D eigenvalue weighted by Crippen LogP contribution is -2.35. The van der Waals surface area contributed by atoms with Crippen molar-refractivity contribution in [3.8, 4) is 0 Å². The Morgan fingerprint density at radius 3 is 1.38 bits per heavy atom. The summed E-state index contributed by atoms with van der Waals surface area (Å²) in [6.07, 6.45) is 0. The van der Waals surface area contributed by atoms with Gasteiger partial charge in [-0.25, -0.2) is 0 Å². The second-order valence-electron chi connectivity index (χ2n) is 5.92. The number of nitrogens with one attached hydrogen (secondary N) is 3. The molecule has 0 aromatic rings. The Morgan fingerprint density at radius 1 is 0.875 bits per heavy atom. The van der Waals surface area contributed by atoms with Gasteiger partial charge in [-0.3, -0.25) is 40.5 Å². The number of hydrogen-bond acceptors (Lipinski definition) is 4. The molecule has 0 saturated carbocycles. The topological polar surface area (TPSA) is 108 Å². The van der Waals surface area contributed by atoms with Gasteiger partial charge in [0.2, 0.25) is 0 Å². The molecule has 4 amide bonds. The summed E-state index contributed by atoms with van der Waals surface area (Å²) in [6, 6.07) is 0. The number of halogens is 1. The van der Waals surface area contributed by atoms with E-state index in [1.165, 1.54) is 5.01 Å². The maximum Gasteiger partial charge on any atom is 0.256 e. The number of carbonyl (C=O) groups excluding carboxylic acids is 4. The minimum absolute atomic E-state index is 0. The fraction of sp³-hybridized carbons (Fsp3) is 0.733. The van der Waals surface area contributed by atoms with E-state index in [4.69, 9.17) is 11.6 Å². The monoisotopic (exact) mass is 364 g/mol. The van der Waals surface area contributed by atoms with Gasteiger partial charge in [0, 0.05) is 12.4 Å². The van der Waals surface area contributed by atoms with E-state index in [-0.39, 0.29) is 31.1 Å². The van der Waals surface area contributed by atoms with Crippen LogP contribution in [0.4, 0.5) is 0 Å². The van der Waals surface area contributed by atoms with E-state index in [9.17, 15) is 19.2 Å².